The molecule has 0 bridgehead atoms. The topological polar surface area (TPSA) is 41.7 Å². The summed E-state index contributed by atoms with van der Waals surface area (Å²) in [6, 6.07) is 0.790. The fraction of sp³-hybridized carbons (Fsp3) is 1.00. The first-order valence-corrected chi connectivity index (χ1v) is 6.61. The van der Waals surface area contributed by atoms with Gasteiger partial charge in [-0.15, -0.1) is 0 Å². The third kappa shape index (κ3) is 1.68. The van der Waals surface area contributed by atoms with E-state index in [1.165, 1.54) is 39.0 Å². The number of ether oxygens (including phenoxy) is 1. The van der Waals surface area contributed by atoms with E-state index in [1.54, 1.807) is 0 Å². The molecule has 3 rings (SSSR count). The quantitative estimate of drug-likeness (QED) is 0.712. The van der Waals surface area contributed by atoms with Gasteiger partial charge in [0.2, 0.25) is 0 Å². The summed E-state index contributed by atoms with van der Waals surface area (Å²) in [7, 11) is 0. The third-order valence-corrected chi connectivity index (χ3v) is 4.72. The van der Waals surface area contributed by atoms with E-state index in [4.69, 9.17) is 10.5 Å². The second-order valence-corrected chi connectivity index (χ2v) is 5.51. The predicted octanol–water partition coefficient (Wildman–Crippen LogP) is -0.116. The van der Waals surface area contributed by atoms with Gasteiger partial charge in [-0.3, -0.25) is 9.80 Å². The molecule has 0 amide bonds. The van der Waals surface area contributed by atoms with Crippen LogP contribution in [0.4, 0.5) is 0 Å². The monoisotopic (exact) mass is 225 g/mol. The molecule has 0 aromatic carbocycles. The number of nitrogens with zero attached hydrogens (tertiary/aromatic N) is 2. The first-order valence-electron chi connectivity index (χ1n) is 6.61. The summed E-state index contributed by atoms with van der Waals surface area (Å²) in [5.41, 5.74) is 6.16. The molecule has 3 aliphatic rings. The molecule has 2 atom stereocenters. The molecule has 0 radical (unpaired) electrons. The molecule has 4 heteroatoms. The maximum absolute atomic E-state index is 6.00. The Balaban J connectivity index is 1.70. The normalized spacial score (nSPS) is 41.4. The average molecular weight is 225 g/mol. The van der Waals surface area contributed by atoms with Crippen molar-refractivity contribution in [1.29, 1.82) is 0 Å². The van der Waals surface area contributed by atoms with Gasteiger partial charge in [-0.1, -0.05) is 0 Å². The molecular weight excluding hydrogens is 202 g/mol. The Kier molecular flexibility index (Phi) is 2.92. The van der Waals surface area contributed by atoms with Gasteiger partial charge in [0.05, 0.1) is 12.1 Å². The fourth-order valence-corrected chi connectivity index (χ4v) is 3.56. The number of rotatable bonds is 2. The standard InChI is InChI=1S/C12H23N3O/c13-9-12(3-7-16-10-12)15-6-5-14-4-1-2-11(14)8-15/h11H,1-10,13H2. The molecule has 0 aromatic rings. The molecule has 0 aromatic heterocycles. The Labute approximate surface area is 97.7 Å². The molecular formula is C12H23N3O. The largest absolute Gasteiger partial charge is 0.379 e. The highest BCUT2D eigenvalue weighted by Crippen LogP contribution is 2.30. The molecule has 0 spiro atoms. The Hall–Kier alpha value is -0.160. The maximum Gasteiger partial charge on any atom is 0.0663 e. The van der Waals surface area contributed by atoms with E-state index in [0.717, 1.165) is 32.2 Å². The van der Waals surface area contributed by atoms with Gasteiger partial charge in [-0.25, -0.2) is 0 Å². The predicted molar refractivity (Wildman–Crippen MR) is 63.4 cm³/mol. The van der Waals surface area contributed by atoms with E-state index in [-0.39, 0.29) is 5.54 Å². The van der Waals surface area contributed by atoms with Crippen LogP contribution in [0.3, 0.4) is 0 Å². The Morgan fingerprint density at radius 2 is 2.25 bits per heavy atom. The molecule has 0 aliphatic carbocycles. The zero-order chi connectivity index (χ0) is 11.0. The summed E-state index contributed by atoms with van der Waals surface area (Å²) in [5, 5.41) is 0. The highest BCUT2D eigenvalue weighted by molar-refractivity contribution is 4.99. The Bertz CT molecular complexity index is 253. The second kappa shape index (κ2) is 4.26. The van der Waals surface area contributed by atoms with Crippen LogP contribution in [0.1, 0.15) is 19.3 Å². The van der Waals surface area contributed by atoms with E-state index in [9.17, 15) is 0 Å². The van der Waals surface area contributed by atoms with Gasteiger partial charge >= 0.3 is 0 Å². The van der Waals surface area contributed by atoms with Crippen molar-refractivity contribution in [2.45, 2.75) is 30.8 Å². The molecule has 3 heterocycles. The summed E-state index contributed by atoms with van der Waals surface area (Å²) < 4.78 is 5.58. The summed E-state index contributed by atoms with van der Waals surface area (Å²) in [6.07, 6.45) is 3.87. The van der Waals surface area contributed by atoms with E-state index < -0.39 is 0 Å². The summed E-state index contributed by atoms with van der Waals surface area (Å²) in [4.78, 5) is 5.27. The molecule has 92 valence electrons. The third-order valence-electron chi connectivity index (χ3n) is 4.72. The smallest absolute Gasteiger partial charge is 0.0663 e. The van der Waals surface area contributed by atoms with Gasteiger partial charge in [0.15, 0.2) is 0 Å². The average Bonchev–Trinajstić information content (AvgIpc) is 2.97. The van der Waals surface area contributed by atoms with Crippen LogP contribution in [0.15, 0.2) is 0 Å². The van der Waals surface area contributed by atoms with E-state index in [0.29, 0.717) is 0 Å². The summed E-state index contributed by atoms with van der Waals surface area (Å²) in [5.74, 6) is 0. The van der Waals surface area contributed by atoms with Crippen molar-refractivity contribution in [3.63, 3.8) is 0 Å². The van der Waals surface area contributed by atoms with E-state index in [2.05, 4.69) is 9.80 Å². The number of hydrogen-bond donors (Lipinski definition) is 1. The van der Waals surface area contributed by atoms with Crippen molar-refractivity contribution in [3.05, 3.63) is 0 Å². The molecule has 0 saturated carbocycles. The number of hydrogen-bond acceptors (Lipinski definition) is 4. The zero-order valence-electron chi connectivity index (χ0n) is 10.0. The first kappa shape index (κ1) is 11.0. The van der Waals surface area contributed by atoms with Crippen LogP contribution >= 0.6 is 0 Å². The van der Waals surface area contributed by atoms with Gasteiger partial charge in [0.1, 0.15) is 0 Å². The molecule has 4 nitrogen and oxygen atoms in total. The SMILES string of the molecule is NCC1(N2CCN3CCCC3C2)CCOC1. The molecule has 3 saturated heterocycles. The van der Waals surface area contributed by atoms with Crippen molar-refractivity contribution < 1.29 is 4.74 Å². The number of piperazine rings is 1. The van der Waals surface area contributed by atoms with Crippen molar-refractivity contribution in [2.24, 2.45) is 5.73 Å². The van der Waals surface area contributed by atoms with Crippen LogP contribution in [0, 0.1) is 0 Å². The van der Waals surface area contributed by atoms with Crippen LogP contribution in [-0.4, -0.2) is 67.3 Å². The van der Waals surface area contributed by atoms with Crippen LogP contribution < -0.4 is 5.73 Å². The summed E-state index contributed by atoms with van der Waals surface area (Å²) >= 11 is 0. The number of nitrogens with two attached hydrogens (primary N) is 1. The van der Waals surface area contributed by atoms with Crippen molar-refractivity contribution in [1.82, 2.24) is 9.80 Å². The summed E-state index contributed by atoms with van der Waals surface area (Å²) in [6.45, 7) is 7.41. The first-order chi connectivity index (χ1) is 7.84. The molecule has 2 unspecified atom stereocenters. The Morgan fingerprint density at radius 1 is 1.31 bits per heavy atom. The van der Waals surface area contributed by atoms with Crippen molar-refractivity contribution >= 4 is 0 Å². The van der Waals surface area contributed by atoms with Gasteiger partial charge in [-0.05, 0) is 25.8 Å². The maximum atomic E-state index is 6.00. The van der Waals surface area contributed by atoms with Crippen LogP contribution in [0.2, 0.25) is 0 Å². The van der Waals surface area contributed by atoms with Gasteiger partial charge in [0, 0.05) is 38.8 Å². The Morgan fingerprint density at radius 3 is 3.00 bits per heavy atom. The minimum Gasteiger partial charge on any atom is -0.379 e. The van der Waals surface area contributed by atoms with Gasteiger partial charge < -0.3 is 10.5 Å². The lowest BCUT2D eigenvalue weighted by Crippen LogP contribution is -2.62. The minimum atomic E-state index is 0.161. The molecule has 16 heavy (non-hydrogen) atoms. The molecule has 2 N–H and O–H groups in total. The lowest BCUT2D eigenvalue weighted by Gasteiger charge is -2.46. The van der Waals surface area contributed by atoms with Crippen molar-refractivity contribution in [2.75, 3.05) is 45.9 Å². The van der Waals surface area contributed by atoms with Gasteiger partial charge in [0.25, 0.3) is 0 Å². The van der Waals surface area contributed by atoms with Crippen LogP contribution in [0.5, 0.6) is 0 Å². The minimum absolute atomic E-state index is 0.161. The highest BCUT2D eigenvalue weighted by atomic mass is 16.5. The van der Waals surface area contributed by atoms with Crippen LogP contribution in [0.25, 0.3) is 0 Å². The fourth-order valence-electron chi connectivity index (χ4n) is 3.56. The lowest BCUT2D eigenvalue weighted by atomic mass is 9.94. The second-order valence-electron chi connectivity index (χ2n) is 5.51. The lowest BCUT2D eigenvalue weighted by molar-refractivity contribution is 0.0116. The molecule has 3 fully saturated rings. The molecule has 3 aliphatic heterocycles. The van der Waals surface area contributed by atoms with Crippen molar-refractivity contribution in [3.8, 4) is 0 Å². The van der Waals surface area contributed by atoms with Crippen LogP contribution in [-0.2, 0) is 4.74 Å². The highest BCUT2D eigenvalue weighted by Gasteiger charge is 2.43. The van der Waals surface area contributed by atoms with E-state index >= 15 is 0 Å². The van der Waals surface area contributed by atoms with Gasteiger partial charge in [-0.2, -0.15) is 0 Å². The number of fused-ring (bicyclic) bond motifs is 1. The zero-order valence-corrected chi connectivity index (χ0v) is 10.0. The van der Waals surface area contributed by atoms with E-state index in [1.807, 2.05) is 0 Å².